The van der Waals surface area contributed by atoms with Gasteiger partial charge in [-0.3, -0.25) is 4.79 Å². The van der Waals surface area contributed by atoms with Crippen molar-refractivity contribution in [1.82, 2.24) is 5.32 Å². The lowest BCUT2D eigenvalue weighted by molar-refractivity contribution is -0.138. The number of nitrogens with two attached hydrogens (primary N) is 1. The van der Waals surface area contributed by atoms with Gasteiger partial charge in [0.05, 0.1) is 6.04 Å². The summed E-state index contributed by atoms with van der Waals surface area (Å²) in [5.41, 5.74) is 5.12. The van der Waals surface area contributed by atoms with Gasteiger partial charge in [-0.05, 0) is 6.42 Å². The third-order valence-corrected chi connectivity index (χ3v) is 1.32. The first kappa shape index (κ1) is 11.2. The minimum absolute atomic E-state index is 0.372. The van der Waals surface area contributed by atoms with Gasteiger partial charge in [0.1, 0.15) is 0 Å². The van der Waals surface area contributed by atoms with E-state index >= 15 is 0 Å². The summed E-state index contributed by atoms with van der Waals surface area (Å²) >= 11 is 0. The van der Waals surface area contributed by atoms with Gasteiger partial charge in [0.15, 0.2) is 0 Å². The number of halogens is 3. The lowest BCUT2D eigenvalue weighted by atomic mass is 10.1. The van der Waals surface area contributed by atoms with E-state index in [0.717, 1.165) is 0 Å². The van der Waals surface area contributed by atoms with Crippen LogP contribution in [0.2, 0.25) is 0 Å². The number of carbonyl (C=O) groups excluding carboxylic acids is 1. The zero-order chi connectivity index (χ0) is 9.78. The first-order chi connectivity index (χ1) is 5.37. The molecule has 12 heavy (non-hydrogen) atoms. The standard InChI is InChI=1S/C6H11F3N2O/c1-11-5(12)4(10)2-3-6(7,8)9/h4H,2-3,10H2,1H3,(H,11,12). The quantitative estimate of drug-likeness (QED) is 0.667. The maximum Gasteiger partial charge on any atom is 0.389 e. The van der Waals surface area contributed by atoms with Gasteiger partial charge in [-0.15, -0.1) is 0 Å². The molecule has 0 aliphatic carbocycles. The van der Waals surface area contributed by atoms with Crippen molar-refractivity contribution in [3.05, 3.63) is 0 Å². The summed E-state index contributed by atoms with van der Waals surface area (Å²) in [5.74, 6) is -0.570. The van der Waals surface area contributed by atoms with Gasteiger partial charge in [0, 0.05) is 13.5 Å². The Labute approximate surface area is 68.1 Å². The molecule has 0 aromatic rings. The Morgan fingerprint density at radius 1 is 1.58 bits per heavy atom. The minimum atomic E-state index is -4.24. The molecular weight excluding hydrogens is 173 g/mol. The zero-order valence-electron chi connectivity index (χ0n) is 6.61. The fourth-order valence-electron chi connectivity index (χ4n) is 0.636. The molecule has 0 heterocycles. The van der Waals surface area contributed by atoms with E-state index in [2.05, 4.69) is 5.32 Å². The van der Waals surface area contributed by atoms with E-state index in [1.165, 1.54) is 7.05 Å². The minimum Gasteiger partial charge on any atom is -0.358 e. The molecule has 3 N–H and O–H groups in total. The summed E-state index contributed by atoms with van der Waals surface area (Å²) < 4.78 is 34.8. The molecule has 0 bridgehead atoms. The van der Waals surface area contributed by atoms with Gasteiger partial charge >= 0.3 is 6.18 Å². The maximum atomic E-state index is 11.6. The third-order valence-electron chi connectivity index (χ3n) is 1.32. The Bertz CT molecular complexity index is 157. The largest absolute Gasteiger partial charge is 0.389 e. The molecule has 0 aliphatic rings. The zero-order valence-corrected chi connectivity index (χ0v) is 6.61. The summed E-state index contributed by atoms with van der Waals surface area (Å²) in [7, 11) is 1.33. The number of carbonyl (C=O) groups is 1. The van der Waals surface area contributed by atoms with Gasteiger partial charge in [0.2, 0.25) is 5.91 Å². The van der Waals surface area contributed by atoms with Crippen LogP contribution in [0, 0.1) is 0 Å². The van der Waals surface area contributed by atoms with Crippen molar-refractivity contribution in [1.29, 1.82) is 0 Å². The van der Waals surface area contributed by atoms with Crippen LogP contribution in [0.4, 0.5) is 13.2 Å². The van der Waals surface area contributed by atoms with E-state index in [1.807, 2.05) is 0 Å². The monoisotopic (exact) mass is 184 g/mol. The lowest BCUT2D eigenvalue weighted by Crippen LogP contribution is -2.39. The Morgan fingerprint density at radius 2 is 2.08 bits per heavy atom. The van der Waals surface area contributed by atoms with Crippen molar-refractivity contribution in [2.75, 3.05) is 7.05 Å². The number of hydrogen-bond donors (Lipinski definition) is 2. The second kappa shape index (κ2) is 4.30. The van der Waals surface area contributed by atoms with E-state index < -0.39 is 24.5 Å². The van der Waals surface area contributed by atoms with Crippen molar-refractivity contribution in [2.45, 2.75) is 25.1 Å². The van der Waals surface area contributed by atoms with Crippen LogP contribution in [-0.4, -0.2) is 25.2 Å². The molecule has 1 amide bonds. The molecule has 3 nitrogen and oxygen atoms in total. The Kier molecular flexibility index (Phi) is 4.02. The Balaban J connectivity index is 3.72. The van der Waals surface area contributed by atoms with Crippen LogP contribution in [-0.2, 0) is 4.79 Å². The number of amides is 1. The highest BCUT2D eigenvalue weighted by atomic mass is 19.4. The predicted molar refractivity (Wildman–Crippen MR) is 37.3 cm³/mol. The van der Waals surface area contributed by atoms with Crippen molar-refractivity contribution >= 4 is 5.91 Å². The maximum absolute atomic E-state index is 11.6. The third kappa shape index (κ3) is 4.95. The smallest absolute Gasteiger partial charge is 0.358 e. The predicted octanol–water partition coefficient (Wildman–Crippen LogP) is 0.402. The molecule has 0 aromatic carbocycles. The molecule has 0 radical (unpaired) electrons. The SMILES string of the molecule is CNC(=O)C(N)CCC(F)(F)F. The van der Waals surface area contributed by atoms with Crippen molar-refractivity contribution in [3.8, 4) is 0 Å². The Hall–Kier alpha value is -0.780. The van der Waals surface area contributed by atoms with E-state index in [-0.39, 0.29) is 6.42 Å². The average Bonchev–Trinajstić information content (AvgIpc) is 1.97. The molecule has 1 atom stereocenters. The van der Waals surface area contributed by atoms with Crippen LogP contribution in [0.5, 0.6) is 0 Å². The van der Waals surface area contributed by atoms with Gasteiger partial charge in [-0.25, -0.2) is 0 Å². The van der Waals surface area contributed by atoms with Crippen LogP contribution in [0.15, 0.2) is 0 Å². The first-order valence-corrected chi connectivity index (χ1v) is 3.40. The van der Waals surface area contributed by atoms with Crippen molar-refractivity contribution in [3.63, 3.8) is 0 Å². The number of likely N-dealkylation sites (N-methyl/N-ethyl adjacent to an activating group) is 1. The summed E-state index contributed by atoms with van der Waals surface area (Å²) in [6.07, 6.45) is -5.64. The molecule has 6 heteroatoms. The highest BCUT2D eigenvalue weighted by molar-refractivity contribution is 5.81. The van der Waals surface area contributed by atoms with E-state index in [1.54, 1.807) is 0 Å². The molecular formula is C6H11F3N2O. The van der Waals surface area contributed by atoms with E-state index in [0.29, 0.717) is 0 Å². The van der Waals surface area contributed by atoms with Crippen LogP contribution >= 0.6 is 0 Å². The number of hydrogen-bond acceptors (Lipinski definition) is 2. The number of alkyl halides is 3. The molecule has 0 spiro atoms. The fourth-order valence-corrected chi connectivity index (χ4v) is 0.636. The number of rotatable bonds is 3. The first-order valence-electron chi connectivity index (χ1n) is 3.40. The van der Waals surface area contributed by atoms with Crippen LogP contribution in [0.3, 0.4) is 0 Å². The second-order valence-electron chi connectivity index (χ2n) is 2.37. The lowest BCUT2D eigenvalue weighted by Gasteiger charge is -2.11. The fraction of sp³-hybridized carbons (Fsp3) is 0.833. The molecule has 1 unspecified atom stereocenters. The van der Waals surface area contributed by atoms with Crippen molar-refractivity contribution in [2.24, 2.45) is 5.73 Å². The van der Waals surface area contributed by atoms with Crippen LogP contribution < -0.4 is 11.1 Å². The van der Waals surface area contributed by atoms with E-state index in [9.17, 15) is 18.0 Å². The van der Waals surface area contributed by atoms with Gasteiger partial charge in [0.25, 0.3) is 0 Å². The van der Waals surface area contributed by atoms with Crippen molar-refractivity contribution < 1.29 is 18.0 Å². The van der Waals surface area contributed by atoms with Crippen LogP contribution in [0.25, 0.3) is 0 Å². The normalized spacial score (nSPS) is 14.1. The second-order valence-corrected chi connectivity index (χ2v) is 2.37. The average molecular weight is 184 g/mol. The molecule has 0 saturated heterocycles. The molecule has 0 aromatic heterocycles. The van der Waals surface area contributed by atoms with Gasteiger partial charge < -0.3 is 11.1 Å². The highest BCUT2D eigenvalue weighted by Crippen LogP contribution is 2.21. The molecule has 0 rings (SSSR count). The van der Waals surface area contributed by atoms with Gasteiger partial charge in [-0.2, -0.15) is 13.2 Å². The summed E-state index contributed by atoms with van der Waals surface area (Å²) in [4.78, 5) is 10.6. The highest BCUT2D eigenvalue weighted by Gasteiger charge is 2.28. The molecule has 0 saturated carbocycles. The summed E-state index contributed by atoms with van der Waals surface area (Å²) in [5, 5.41) is 2.17. The molecule has 72 valence electrons. The molecule has 0 fully saturated rings. The summed E-state index contributed by atoms with van der Waals surface area (Å²) in [6.45, 7) is 0. The van der Waals surface area contributed by atoms with E-state index in [4.69, 9.17) is 5.73 Å². The van der Waals surface area contributed by atoms with Gasteiger partial charge in [-0.1, -0.05) is 0 Å². The number of nitrogens with one attached hydrogen (secondary N) is 1. The molecule has 0 aliphatic heterocycles. The summed E-state index contributed by atoms with van der Waals surface area (Å²) in [6, 6.07) is -1.07. The Morgan fingerprint density at radius 3 is 2.42 bits per heavy atom. The van der Waals surface area contributed by atoms with Crippen LogP contribution in [0.1, 0.15) is 12.8 Å². The topological polar surface area (TPSA) is 55.1 Å².